The molecule has 1 aromatic carbocycles. The predicted octanol–water partition coefficient (Wildman–Crippen LogP) is 2.55. The van der Waals surface area contributed by atoms with Crippen molar-refractivity contribution in [1.82, 2.24) is 20.3 Å². The van der Waals surface area contributed by atoms with Crippen LogP contribution in [0.2, 0.25) is 0 Å². The summed E-state index contributed by atoms with van der Waals surface area (Å²) < 4.78 is 0. The second kappa shape index (κ2) is 5.97. The van der Waals surface area contributed by atoms with Gasteiger partial charge in [0.1, 0.15) is 6.33 Å². The van der Waals surface area contributed by atoms with Crippen LogP contribution in [-0.4, -0.2) is 27.4 Å². The molecule has 3 rings (SSSR count). The normalized spacial score (nSPS) is 10.8. The maximum Gasteiger partial charge on any atom is 0.254 e. The number of nitrogens with one attached hydrogen (secondary N) is 2. The van der Waals surface area contributed by atoms with Crippen LogP contribution in [0.3, 0.4) is 0 Å². The number of hydrogen-bond donors (Lipinski definition) is 2. The molecule has 0 spiro atoms. The Labute approximate surface area is 128 Å². The van der Waals surface area contributed by atoms with Crippen molar-refractivity contribution in [2.24, 2.45) is 0 Å². The molecule has 112 valence electrons. The van der Waals surface area contributed by atoms with E-state index in [-0.39, 0.29) is 5.91 Å². The molecule has 0 radical (unpaired) electrons. The van der Waals surface area contributed by atoms with Crippen molar-refractivity contribution in [3.05, 3.63) is 59.3 Å². The number of hydrogen-bond acceptors (Lipinski definition) is 3. The van der Waals surface area contributed by atoms with Gasteiger partial charge in [-0.25, -0.2) is 9.97 Å². The number of aromatic nitrogens is 3. The van der Waals surface area contributed by atoms with E-state index in [9.17, 15) is 4.79 Å². The van der Waals surface area contributed by atoms with Crippen molar-refractivity contribution < 1.29 is 4.79 Å². The lowest BCUT2D eigenvalue weighted by molar-refractivity contribution is 0.0952. The monoisotopic (exact) mass is 294 g/mol. The Balaban J connectivity index is 1.67. The summed E-state index contributed by atoms with van der Waals surface area (Å²) in [4.78, 5) is 23.7. The summed E-state index contributed by atoms with van der Waals surface area (Å²) in [5, 5.41) is 4.15. The Morgan fingerprint density at radius 2 is 1.91 bits per heavy atom. The van der Waals surface area contributed by atoms with Gasteiger partial charge in [0.05, 0.1) is 17.0 Å². The summed E-state index contributed by atoms with van der Waals surface area (Å²) in [7, 11) is 0. The summed E-state index contributed by atoms with van der Waals surface area (Å²) in [5.41, 5.74) is 4.30. The van der Waals surface area contributed by atoms with E-state index in [1.54, 1.807) is 0 Å². The smallest absolute Gasteiger partial charge is 0.254 e. The number of aryl methyl sites for hydroxylation is 2. The third-order valence-corrected chi connectivity index (χ3v) is 3.81. The lowest BCUT2D eigenvalue weighted by Gasteiger charge is -2.08. The average Bonchev–Trinajstić information content (AvgIpc) is 2.91. The topological polar surface area (TPSA) is 70.7 Å². The van der Waals surface area contributed by atoms with Gasteiger partial charge in [-0.3, -0.25) is 4.79 Å². The van der Waals surface area contributed by atoms with Gasteiger partial charge in [0.2, 0.25) is 0 Å². The molecule has 3 aromatic rings. The number of carbonyl (C=O) groups is 1. The van der Waals surface area contributed by atoms with Crippen molar-refractivity contribution in [1.29, 1.82) is 0 Å². The van der Waals surface area contributed by atoms with E-state index >= 15 is 0 Å². The van der Waals surface area contributed by atoms with Crippen molar-refractivity contribution >= 4 is 16.8 Å². The molecule has 0 aliphatic rings. The summed E-state index contributed by atoms with van der Waals surface area (Å²) in [5.74, 6) is -0.115. The van der Waals surface area contributed by atoms with Crippen LogP contribution in [0.4, 0.5) is 0 Å². The summed E-state index contributed by atoms with van der Waals surface area (Å²) in [6, 6.07) is 8.16. The van der Waals surface area contributed by atoms with Gasteiger partial charge in [-0.2, -0.15) is 0 Å². The largest absolute Gasteiger partial charge is 0.361 e. The van der Waals surface area contributed by atoms with E-state index in [2.05, 4.69) is 26.3 Å². The molecule has 2 aromatic heterocycles. The van der Waals surface area contributed by atoms with Crippen LogP contribution in [0.25, 0.3) is 10.9 Å². The molecule has 1 amide bonds. The van der Waals surface area contributed by atoms with Crippen molar-refractivity contribution in [2.45, 2.75) is 20.3 Å². The molecule has 0 unspecified atom stereocenters. The van der Waals surface area contributed by atoms with Crippen LogP contribution in [0.5, 0.6) is 0 Å². The van der Waals surface area contributed by atoms with E-state index in [4.69, 9.17) is 0 Å². The first kappa shape index (κ1) is 14.3. The maximum absolute atomic E-state index is 12.3. The van der Waals surface area contributed by atoms with Gasteiger partial charge in [-0.05, 0) is 31.9 Å². The highest BCUT2D eigenvalue weighted by Gasteiger charge is 2.13. The van der Waals surface area contributed by atoms with Crippen LogP contribution >= 0.6 is 0 Å². The Hall–Kier alpha value is -2.69. The van der Waals surface area contributed by atoms with Gasteiger partial charge in [-0.15, -0.1) is 0 Å². The fourth-order valence-corrected chi connectivity index (χ4v) is 2.66. The van der Waals surface area contributed by atoms with E-state index < -0.39 is 0 Å². The van der Waals surface area contributed by atoms with Crippen molar-refractivity contribution in [3.8, 4) is 0 Å². The average molecular weight is 294 g/mol. The Kier molecular flexibility index (Phi) is 3.87. The molecule has 0 aliphatic heterocycles. The zero-order chi connectivity index (χ0) is 15.5. The lowest BCUT2D eigenvalue weighted by atomic mass is 10.1. The minimum absolute atomic E-state index is 0.115. The van der Waals surface area contributed by atoms with Crippen LogP contribution in [0, 0.1) is 13.8 Å². The Bertz CT molecular complexity index is 802. The first-order valence-electron chi connectivity index (χ1n) is 7.28. The van der Waals surface area contributed by atoms with E-state index in [0.717, 1.165) is 11.9 Å². The first-order chi connectivity index (χ1) is 10.7. The molecule has 2 N–H and O–H groups in total. The SMILES string of the molecule is Cc1ncnc(C)c1C(=O)NCCc1c[nH]c2ccccc12. The number of benzene rings is 1. The Morgan fingerprint density at radius 1 is 1.18 bits per heavy atom. The van der Waals surface area contributed by atoms with Crippen LogP contribution in [0.15, 0.2) is 36.8 Å². The van der Waals surface area contributed by atoms with Crippen molar-refractivity contribution in [2.75, 3.05) is 6.54 Å². The number of fused-ring (bicyclic) bond motifs is 1. The number of nitrogens with zero attached hydrogens (tertiary/aromatic N) is 2. The van der Waals surface area contributed by atoms with Gasteiger partial charge >= 0.3 is 0 Å². The number of para-hydroxylation sites is 1. The quantitative estimate of drug-likeness (QED) is 0.777. The molecule has 5 nitrogen and oxygen atoms in total. The summed E-state index contributed by atoms with van der Waals surface area (Å²) in [6.07, 6.45) is 4.26. The number of rotatable bonds is 4. The zero-order valence-electron chi connectivity index (χ0n) is 12.7. The van der Waals surface area contributed by atoms with E-state index in [0.29, 0.717) is 23.5 Å². The molecule has 0 bridgehead atoms. The zero-order valence-corrected chi connectivity index (χ0v) is 12.7. The molecule has 5 heteroatoms. The molecule has 0 atom stereocenters. The Morgan fingerprint density at radius 3 is 2.68 bits per heavy atom. The molecule has 0 saturated heterocycles. The molecular weight excluding hydrogens is 276 g/mol. The highest BCUT2D eigenvalue weighted by atomic mass is 16.1. The van der Waals surface area contributed by atoms with Gasteiger partial charge in [-0.1, -0.05) is 18.2 Å². The van der Waals surface area contributed by atoms with E-state index in [1.165, 1.54) is 17.3 Å². The van der Waals surface area contributed by atoms with Crippen LogP contribution in [-0.2, 0) is 6.42 Å². The number of aromatic amines is 1. The van der Waals surface area contributed by atoms with Crippen molar-refractivity contribution in [3.63, 3.8) is 0 Å². The van der Waals surface area contributed by atoms with Crippen LogP contribution in [0.1, 0.15) is 27.3 Å². The highest BCUT2D eigenvalue weighted by molar-refractivity contribution is 5.96. The van der Waals surface area contributed by atoms with Gasteiger partial charge in [0, 0.05) is 23.6 Å². The van der Waals surface area contributed by atoms with Gasteiger partial charge < -0.3 is 10.3 Å². The molecule has 0 fully saturated rings. The number of H-pyrrole nitrogens is 1. The third kappa shape index (κ3) is 2.70. The molecular formula is C17H18N4O. The lowest BCUT2D eigenvalue weighted by Crippen LogP contribution is -2.27. The van der Waals surface area contributed by atoms with Crippen LogP contribution < -0.4 is 5.32 Å². The second-order valence-electron chi connectivity index (χ2n) is 5.28. The third-order valence-electron chi connectivity index (χ3n) is 3.81. The highest BCUT2D eigenvalue weighted by Crippen LogP contribution is 2.17. The summed E-state index contributed by atoms with van der Waals surface area (Å²) >= 11 is 0. The van der Waals surface area contributed by atoms with Gasteiger partial charge in [0.25, 0.3) is 5.91 Å². The predicted molar refractivity (Wildman–Crippen MR) is 85.8 cm³/mol. The minimum atomic E-state index is -0.115. The minimum Gasteiger partial charge on any atom is -0.361 e. The maximum atomic E-state index is 12.3. The van der Waals surface area contributed by atoms with Gasteiger partial charge in [0.15, 0.2) is 0 Å². The number of amides is 1. The molecule has 22 heavy (non-hydrogen) atoms. The fraction of sp³-hybridized carbons (Fsp3) is 0.235. The number of carbonyl (C=O) groups excluding carboxylic acids is 1. The summed E-state index contributed by atoms with van der Waals surface area (Å²) in [6.45, 7) is 4.22. The molecule has 0 aliphatic carbocycles. The van der Waals surface area contributed by atoms with E-state index in [1.807, 2.05) is 38.2 Å². The second-order valence-corrected chi connectivity index (χ2v) is 5.28. The first-order valence-corrected chi connectivity index (χ1v) is 7.28. The molecule has 2 heterocycles. The fourth-order valence-electron chi connectivity index (χ4n) is 2.66. The standard InChI is InChI=1S/C17H18N4O/c1-11-16(12(2)21-10-20-11)17(22)18-8-7-13-9-19-15-6-4-3-5-14(13)15/h3-6,9-10,19H,7-8H2,1-2H3,(H,18,22). The molecule has 0 saturated carbocycles.